The molecule has 0 aromatic rings. The highest BCUT2D eigenvalue weighted by atomic mass is 31.2. The Balaban J connectivity index is 1.98. The molecule has 0 aromatic heterocycles. The molecule has 0 amide bonds. The third kappa shape index (κ3) is 7.91. The Morgan fingerprint density at radius 3 is 0.886 bits per heavy atom. The Morgan fingerprint density at radius 1 is 0.455 bits per heavy atom. The van der Waals surface area contributed by atoms with Crippen molar-refractivity contribution in [2.45, 2.75) is 110 Å². The normalized spacial score (nSPS) is 47.0. The summed E-state index contributed by atoms with van der Waals surface area (Å²) < 4.78 is 44.7. The first-order valence-electron chi connectivity index (χ1n) is 13.1. The predicted molar refractivity (Wildman–Crippen MR) is 130 cm³/mol. The molecular formula is C21H39O22P. The van der Waals surface area contributed by atoms with Crippen molar-refractivity contribution >= 4 is 7.82 Å². The zero-order valence-corrected chi connectivity index (χ0v) is 23.4. The smallest absolute Gasteiger partial charge is 0.394 e. The number of hydrogen-bond acceptors (Lipinski definition) is 22. The largest absolute Gasteiger partial charge is 0.482 e. The maximum absolute atomic E-state index is 14.0. The van der Waals surface area contributed by atoms with Gasteiger partial charge >= 0.3 is 7.82 Å². The van der Waals surface area contributed by atoms with Crippen molar-refractivity contribution in [1.29, 1.82) is 0 Å². The standard InChI is InChI=1S/C21H39O22P/c22-1-4(25)16-10(31)7(28)13(34)19(38-16)41-44(37,42-20-14(35)8(29)11(32)17(39-20)5(26)2-23)43-21-15(36)9(30)12(33)18(40-21)6(27)3-24/h4-36H,1-3H2/t4?,5?,6?,7-,8-,9-,10-,11-,12-,13-,14-,15-,16+,17+,18+,19?,20?,21?,44?/m0/s1. The average molecular weight is 674 g/mol. The number of phosphoric acid groups is 1. The maximum Gasteiger partial charge on any atom is 0.482 e. The molecule has 3 aliphatic rings. The van der Waals surface area contributed by atoms with Crippen molar-refractivity contribution in [2.75, 3.05) is 19.8 Å². The van der Waals surface area contributed by atoms with Crippen LogP contribution in [0, 0.1) is 0 Å². The molecule has 18 atom stereocenters. The van der Waals surface area contributed by atoms with Crippen molar-refractivity contribution in [3.05, 3.63) is 0 Å². The van der Waals surface area contributed by atoms with Crippen LogP contribution in [0.3, 0.4) is 0 Å². The second kappa shape index (κ2) is 15.5. The average Bonchev–Trinajstić information content (AvgIpc) is 3.00. The van der Waals surface area contributed by atoms with Gasteiger partial charge in [0.05, 0.1) is 19.8 Å². The lowest BCUT2D eigenvalue weighted by atomic mass is 9.96. The molecule has 0 saturated carbocycles. The highest BCUT2D eigenvalue weighted by Crippen LogP contribution is 2.56. The topological polar surface area (TPSA) is 376 Å². The van der Waals surface area contributed by atoms with Gasteiger partial charge in [0, 0.05) is 0 Å². The molecule has 260 valence electrons. The summed E-state index contributed by atoms with van der Waals surface area (Å²) in [6.45, 7) is -3.18. The lowest BCUT2D eigenvalue weighted by molar-refractivity contribution is -0.321. The number of hydrogen-bond donors (Lipinski definition) is 15. The molecule has 3 aliphatic heterocycles. The molecule has 3 saturated heterocycles. The monoisotopic (exact) mass is 674 g/mol. The summed E-state index contributed by atoms with van der Waals surface area (Å²) in [5.41, 5.74) is 0. The molecule has 0 radical (unpaired) electrons. The molecule has 0 aromatic carbocycles. The van der Waals surface area contributed by atoms with Gasteiger partial charge in [0.15, 0.2) is 18.9 Å². The number of rotatable bonds is 12. The van der Waals surface area contributed by atoms with E-state index in [1.807, 2.05) is 0 Å². The SMILES string of the molecule is O=P(OC1O[C@H](C(O)CO)[C@@H](O)[C@H](O)[C@@H]1O)(OC1O[C@H](C(O)CO)[C@@H](O)[C@H](O)[C@@H]1O)OC1O[C@H](C(O)CO)[C@@H](O)[C@H](O)[C@@H]1O. The Hall–Kier alpha value is -0.610. The quantitative estimate of drug-likeness (QED) is 0.0854. The summed E-state index contributed by atoms with van der Waals surface area (Å²) in [5, 5.41) is 150. The zero-order valence-electron chi connectivity index (χ0n) is 22.5. The fourth-order valence-electron chi connectivity index (χ4n) is 4.60. The van der Waals surface area contributed by atoms with Crippen molar-refractivity contribution in [3.8, 4) is 0 Å². The van der Waals surface area contributed by atoms with Crippen LogP contribution in [-0.4, -0.2) is 207 Å². The molecule has 23 heteroatoms. The van der Waals surface area contributed by atoms with E-state index in [1.165, 1.54) is 0 Å². The van der Waals surface area contributed by atoms with Gasteiger partial charge in [-0.15, -0.1) is 0 Å². The lowest BCUT2D eigenvalue weighted by Gasteiger charge is -2.45. The second-order valence-corrected chi connectivity index (χ2v) is 11.9. The Kier molecular flexibility index (Phi) is 13.4. The predicted octanol–water partition coefficient (Wildman–Crippen LogP) is -9.37. The van der Waals surface area contributed by atoms with Crippen molar-refractivity contribution in [3.63, 3.8) is 0 Å². The van der Waals surface area contributed by atoms with Crippen molar-refractivity contribution in [1.82, 2.24) is 0 Å². The molecule has 6 unspecified atom stereocenters. The summed E-state index contributed by atoms with van der Waals surface area (Å²) in [6, 6.07) is 0. The van der Waals surface area contributed by atoms with E-state index in [4.69, 9.17) is 27.8 Å². The first-order valence-corrected chi connectivity index (χ1v) is 14.6. The van der Waals surface area contributed by atoms with Gasteiger partial charge in [-0.1, -0.05) is 0 Å². The van der Waals surface area contributed by atoms with Gasteiger partial charge in [-0.2, -0.15) is 0 Å². The van der Waals surface area contributed by atoms with E-state index in [0.29, 0.717) is 0 Å². The molecule has 15 N–H and O–H groups in total. The van der Waals surface area contributed by atoms with E-state index in [0.717, 1.165) is 0 Å². The molecule has 44 heavy (non-hydrogen) atoms. The Labute approximate surface area is 247 Å². The van der Waals surface area contributed by atoms with Crippen molar-refractivity contribution in [2.24, 2.45) is 0 Å². The van der Waals surface area contributed by atoms with E-state index in [2.05, 4.69) is 0 Å². The van der Waals surface area contributed by atoms with Gasteiger partial charge < -0.3 is 90.8 Å². The minimum absolute atomic E-state index is 1.06. The summed E-state index contributed by atoms with van der Waals surface area (Å²) >= 11 is 0. The third-order valence-electron chi connectivity index (χ3n) is 7.22. The number of ether oxygens (including phenoxy) is 3. The minimum Gasteiger partial charge on any atom is -0.394 e. The summed E-state index contributed by atoms with van der Waals surface area (Å²) in [7, 11) is -5.74. The van der Waals surface area contributed by atoms with E-state index in [9.17, 15) is 81.2 Å². The van der Waals surface area contributed by atoms with Crippen LogP contribution in [0.2, 0.25) is 0 Å². The van der Waals surface area contributed by atoms with Crippen LogP contribution in [0.4, 0.5) is 0 Å². The summed E-state index contributed by atoms with van der Waals surface area (Å²) in [5.74, 6) is 0. The van der Waals surface area contributed by atoms with Gasteiger partial charge in [-0.25, -0.2) is 4.57 Å². The van der Waals surface area contributed by atoms with Crippen LogP contribution < -0.4 is 0 Å². The first kappa shape index (κ1) is 37.8. The Bertz CT molecular complexity index is 833. The van der Waals surface area contributed by atoms with E-state index >= 15 is 0 Å². The van der Waals surface area contributed by atoms with Crippen LogP contribution in [-0.2, 0) is 32.3 Å². The minimum atomic E-state index is -5.74. The molecular weight excluding hydrogens is 635 g/mol. The number of phosphoric ester groups is 1. The van der Waals surface area contributed by atoms with E-state index < -0.39 is 138 Å². The first-order chi connectivity index (χ1) is 20.5. The van der Waals surface area contributed by atoms with Gasteiger partial charge in [0.1, 0.15) is 91.6 Å². The van der Waals surface area contributed by atoms with Crippen molar-refractivity contribution < 1.29 is 109 Å². The van der Waals surface area contributed by atoms with Gasteiger partial charge in [-0.05, 0) is 0 Å². The highest BCUT2D eigenvalue weighted by molar-refractivity contribution is 7.48. The number of aliphatic hydroxyl groups is 15. The molecule has 0 aliphatic carbocycles. The van der Waals surface area contributed by atoms with Crippen LogP contribution >= 0.6 is 7.82 Å². The molecule has 0 spiro atoms. The van der Waals surface area contributed by atoms with Crippen LogP contribution in [0.15, 0.2) is 0 Å². The van der Waals surface area contributed by atoms with E-state index in [-0.39, 0.29) is 0 Å². The Morgan fingerprint density at radius 2 is 0.682 bits per heavy atom. The molecule has 22 nitrogen and oxygen atoms in total. The zero-order chi connectivity index (χ0) is 33.3. The van der Waals surface area contributed by atoms with Gasteiger partial charge in [0.2, 0.25) is 0 Å². The van der Waals surface area contributed by atoms with Gasteiger partial charge in [-0.3, -0.25) is 13.6 Å². The number of aliphatic hydroxyl groups excluding tert-OH is 15. The van der Waals surface area contributed by atoms with Crippen LogP contribution in [0.5, 0.6) is 0 Å². The summed E-state index contributed by atoms with van der Waals surface area (Å²) in [4.78, 5) is 0. The molecule has 3 fully saturated rings. The fourth-order valence-corrected chi connectivity index (χ4v) is 6.04. The van der Waals surface area contributed by atoms with Gasteiger partial charge in [0.25, 0.3) is 0 Å². The molecule has 3 rings (SSSR count). The second-order valence-electron chi connectivity index (χ2n) is 10.3. The maximum atomic E-state index is 14.0. The molecule has 0 bridgehead atoms. The van der Waals surface area contributed by atoms with Crippen LogP contribution in [0.25, 0.3) is 0 Å². The lowest BCUT2D eigenvalue weighted by Crippen LogP contribution is -2.63. The fraction of sp³-hybridized carbons (Fsp3) is 1.00. The van der Waals surface area contributed by atoms with E-state index in [1.54, 1.807) is 0 Å². The molecule has 3 heterocycles. The summed E-state index contributed by atoms with van der Waals surface area (Å²) in [6.07, 6.45) is -38.7. The highest BCUT2D eigenvalue weighted by Gasteiger charge is 2.56. The van der Waals surface area contributed by atoms with Crippen LogP contribution in [0.1, 0.15) is 0 Å². The third-order valence-corrected chi connectivity index (χ3v) is 8.62.